The van der Waals surface area contributed by atoms with E-state index in [9.17, 15) is 4.79 Å². The highest BCUT2D eigenvalue weighted by molar-refractivity contribution is 5.76. The van der Waals surface area contributed by atoms with Crippen molar-refractivity contribution in [2.45, 2.75) is 46.0 Å². The van der Waals surface area contributed by atoms with Gasteiger partial charge in [-0.2, -0.15) is 0 Å². The van der Waals surface area contributed by atoms with E-state index in [0.29, 0.717) is 5.41 Å². The van der Waals surface area contributed by atoms with Crippen LogP contribution >= 0.6 is 0 Å². The maximum Gasteiger partial charge on any atom is 0.220 e. The Balaban J connectivity index is 2.50. The molecule has 0 aliphatic heterocycles. The SMILES string of the molecule is CC1(C)CCCC(C(N)=O)CC1. The van der Waals surface area contributed by atoms with Crippen molar-refractivity contribution in [1.82, 2.24) is 0 Å². The molecular formula is C10H19NO. The molecule has 1 atom stereocenters. The molecule has 0 heterocycles. The Kier molecular flexibility index (Phi) is 2.76. The number of rotatable bonds is 1. The van der Waals surface area contributed by atoms with E-state index in [1.807, 2.05) is 0 Å². The maximum absolute atomic E-state index is 10.9. The second-order valence-corrected chi connectivity index (χ2v) is 4.69. The summed E-state index contributed by atoms with van der Waals surface area (Å²) in [5.74, 6) is 0.0412. The number of carbonyl (C=O) groups excluding carboxylic acids is 1. The van der Waals surface area contributed by atoms with Crippen LogP contribution in [0.25, 0.3) is 0 Å². The first kappa shape index (κ1) is 9.56. The molecule has 0 saturated heterocycles. The second-order valence-electron chi connectivity index (χ2n) is 4.69. The number of nitrogens with two attached hydrogens (primary N) is 1. The average Bonchev–Trinajstić information content (AvgIpc) is 2.10. The summed E-state index contributed by atoms with van der Waals surface area (Å²) in [4.78, 5) is 10.9. The third-order valence-electron chi connectivity index (χ3n) is 2.98. The highest BCUT2D eigenvalue weighted by atomic mass is 16.1. The van der Waals surface area contributed by atoms with Gasteiger partial charge in [-0.15, -0.1) is 0 Å². The molecule has 1 unspecified atom stereocenters. The fraction of sp³-hybridized carbons (Fsp3) is 0.900. The van der Waals surface area contributed by atoms with E-state index in [-0.39, 0.29) is 11.8 Å². The molecule has 1 aliphatic carbocycles. The van der Waals surface area contributed by atoms with E-state index in [1.54, 1.807) is 0 Å². The van der Waals surface area contributed by atoms with Crippen LogP contribution in [0.3, 0.4) is 0 Å². The fourth-order valence-corrected chi connectivity index (χ4v) is 1.95. The van der Waals surface area contributed by atoms with E-state index >= 15 is 0 Å². The molecule has 0 aromatic rings. The van der Waals surface area contributed by atoms with Gasteiger partial charge in [0.2, 0.25) is 5.91 Å². The predicted octanol–water partition coefficient (Wildman–Crippen LogP) is 2.08. The van der Waals surface area contributed by atoms with Crippen LogP contribution in [0.15, 0.2) is 0 Å². The molecule has 0 spiro atoms. The Morgan fingerprint density at radius 2 is 2.00 bits per heavy atom. The number of hydrogen-bond acceptors (Lipinski definition) is 1. The molecule has 0 radical (unpaired) electrons. The van der Waals surface area contributed by atoms with E-state index < -0.39 is 0 Å². The fourth-order valence-electron chi connectivity index (χ4n) is 1.95. The Bertz CT molecular complexity index is 175. The molecule has 0 aromatic heterocycles. The van der Waals surface area contributed by atoms with Crippen molar-refractivity contribution >= 4 is 5.91 Å². The molecule has 1 fully saturated rings. The number of carbonyl (C=O) groups is 1. The Hall–Kier alpha value is -0.530. The quantitative estimate of drug-likeness (QED) is 0.600. The van der Waals surface area contributed by atoms with Crippen LogP contribution in [0, 0.1) is 11.3 Å². The minimum absolute atomic E-state index is 0.104. The van der Waals surface area contributed by atoms with Gasteiger partial charge >= 0.3 is 0 Å². The summed E-state index contributed by atoms with van der Waals surface area (Å²) in [6.45, 7) is 4.55. The van der Waals surface area contributed by atoms with Gasteiger partial charge in [0.05, 0.1) is 0 Å². The highest BCUT2D eigenvalue weighted by Gasteiger charge is 2.26. The zero-order chi connectivity index (χ0) is 9.19. The zero-order valence-corrected chi connectivity index (χ0v) is 8.10. The molecule has 70 valence electrons. The third kappa shape index (κ3) is 2.50. The van der Waals surface area contributed by atoms with Gasteiger partial charge in [0.1, 0.15) is 0 Å². The third-order valence-corrected chi connectivity index (χ3v) is 2.98. The van der Waals surface area contributed by atoms with Crippen LogP contribution in [-0.2, 0) is 4.79 Å². The minimum Gasteiger partial charge on any atom is -0.369 e. The summed E-state index contributed by atoms with van der Waals surface area (Å²) >= 11 is 0. The van der Waals surface area contributed by atoms with Crippen molar-refractivity contribution < 1.29 is 4.79 Å². The Labute approximate surface area is 74.5 Å². The van der Waals surface area contributed by atoms with Crippen molar-refractivity contribution in [3.05, 3.63) is 0 Å². The lowest BCUT2D eigenvalue weighted by molar-refractivity contribution is -0.122. The number of amides is 1. The monoisotopic (exact) mass is 169 g/mol. The first-order chi connectivity index (χ1) is 5.51. The largest absolute Gasteiger partial charge is 0.369 e. The van der Waals surface area contributed by atoms with Gasteiger partial charge in [-0.3, -0.25) is 4.79 Å². The molecule has 0 aromatic carbocycles. The second kappa shape index (κ2) is 3.46. The lowest BCUT2D eigenvalue weighted by Gasteiger charge is -2.21. The predicted molar refractivity (Wildman–Crippen MR) is 49.6 cm³/mol. The van der Waals surface area contributed by atoms with Gasteiger partial charge < -0.3 is 5.73 Å². The van der Waals surface area contributed by atoms with Gasteiger partial charge in [-0.05, 0) is 31.1 Å². The minimum atomic E-state index is -0.104. The first-order valence-corrected chi connectivity index (χ1v) is 4.81. The maximum atomic E-state index is 10.9. The lowest BCUT2D eigenvalue weighted by Crippen LogP contribution is -2.22. The molecule has 1 aliphatic rings. The van der Waals surface area contributed by atoms with Crippen LogP contribution in [0.1, 0.15) is 46.0 Å². The molecule has 1 amide bonds. The van der Waals surface area contributed by atoms with Crippen LogP contribution in [0.2, 0.25) is 0 Å². The summed E-state index contributed by atoms with van der Waals surface area (Å²) < 4.78 is 0. The normalized spacial score (nSPS) is 29.3. The summed E-state index contributed by atoms with van der Waals surface area (Å²) in [5.41, 5.74) is 5.71. The van der Waals surface area contributed by atoms with Gasteiger partial charge in [-0.25, -0.2) is 0 Å². The Morgan fingerprint density at radius 3 is 2.58 bits per heavy atom. The zero-order valence-electron chi connectivity index (χ0n) is 8.10. The van der Waals surface area contributed by atoms with E-state index in [0.717, 1.165) is 25.7 Å². The van der Waals surface area contributed by atoms with Gasteiger partial charge in [0.25, 0.3) is 0 Å². The van der Waals surface area contributed by atoms with Gasteiger partial charge in [0, 0.05) is 5.92 Å². The molecule has 2 N–H and O–H groups in total. The van der Waals surface area contributed by atoms with Crippen molar-refractivity contribution in [3.63, 3.8) is 0 Å². The summed E-state index contributed by atoms with van der Waals surface area (Å²) in [6.07, 6.45) is 5.51. The topological polar surface area (TPSA) is 43.1 Å². The van der Waals surface area contributed by atoms with Gasteiger partial charge in [-0.1, -0.05) is 20.3 Å². The molecule has 1 rings (SSSR count). The first-order valence-electron chi connectivity index (χ1n) is 4.81. The van der Waals surface area contributed by atoms with Crippen LogP contribution < -0.4 is 5.73 Å². The van der Waals surface area contributed by atoms with Gasteiger partial charge in [0.15, 0.2) is 0 Å². The summed E-state index contributed by atoms with van der Waals surface area (Å²) in [5, 5.41) is 0. The lowest BCUT2D eigenvalue weighted by atomic mass is 9.85. The standard InChI is InChI=1S/C10H19NO/c1-10(2)6-3-4-8(5-7-10)9(11)12/h8H,3-7H2,1-2H3,(H2,11,12). The number of hydrogen-bond donors (Lipinski definition) is 1. The van der Waals surface area contributed by atoms with Crippen LogP contribution in [-0.4, -0.2) is 5.91 Å². The van der Waals surface area contributed by atoms with Crippen LogP contribution in [0.5, 0.6) is 0 Å². The smallest absolute Gasteiger partial charge is 0.220 e. The highest BCUT2D eigenvalue weighted by Crippen LogP contribution is 2.35. The Morgan fingerprint density at radius 1 is 1.33 bits per heavy atom. The summed E-state index contributed by atoms with van der Waals surface area (Å²) in [7, 11) is 0. The summed E-state index contributed by atoms with van der Waals surface area (Å²) in [6, 6.07) is 0. The molecule has 12 heavy (non-hydrogen) atoms. The van der Waals surface area contributed by atoms with E-state index in [1.165, 1.54) is 6.42 Å². The van der Waals surface area contributed by atoms with Crippen molar-refractivity contribution in [2.24, 2.45) is 17.1 Å². The molecule has 1 saturated carbocycles. The number of primary amides is 1. The van der Waals surface area contributed by atoms with E-state index in [2.05, 4.69) is 13.8 Å². The van der Waals surface area contributed by atoms with Crippen molar-refractivity contribution in [3.8, 4) is 0 Å². The van der Waals surface area contributed by atoms with Crippen LogP contribution in [0.4, 0.5) is 0 Å². The van der Waals surface area contributed by atoms with E-state index in [4.69, 9.17) is 5.73 Å². The molecule has 2 nitrogen and oxygen atoms in total. The van der Waals surface area contributed by atoms with Crippen molar-refractivity contribution in [1.29, 1.82) is 0 Å². The average molecular weight is 169 g/mol. The molecular weight excluding hydrogens is 150 g/mol. The molecule has 0 bridgehead atoms. The molecule has 2 heteroatoms. The van der Waals surface area contributed by atoms with Crippen molar-refractivity contribution in [2.75, 3.05) is 0 Å².